The van der Waals surface area contributed by atoms with E-state index >= 15 is 0 Å². The summed E-state index contributed by atoms with van der Waals surface area (Å²) in [5.41, 5.74) is 0. The highest BCUT2D eigenvalue weighted by atomic mass is 32.2. The molecule has 7 heteroatoms. The maximum absolute atomic E-state index is 12.1. The van der Waals surface area contributed by atoms with Crippen LogP contribution in [0, 0.1) is 12.8 Å². The molecule has 0 amide bonds. The minimum atomic E-state index is -3.62. The van der Waals surface area contributed by atoms with Crippen molar-refractivity contribution in [1.82, 2.24) is 14.3 Å². The van der Waals surface area contributed by atoms with Crippen LogP contribution in [-0.4, -0.2) is 35.7 Å². The van der Waals surface area contributed by atoms with E-state index in [-0.39, 0.29) is 23.6 Å². The third kappa shape index (κ3) is 3.30. The van der Waals surface area contributed by atoms with Gasteiger partial charge in [0, 0.05) is 25.4 Å². The van der Waals surface area contributed by atoms with E-state index in [1.807, 2.05) is 6.92 Å². The molecule has 104 valence electrons. The highest BCUT2D eigenvalue weighted by molar-refractivity contribution is 7.89. The lowest BCUT2D eigenvalue weighted by Gasteiger charge is -2.18. The van der Waals surface area contributed by atoms with Crippen molar-refractivity contribution in [3.05, 3.63) is 12.0 Å². The van der Waals surface area contributed by atoms with Crippen LogP contribution in [0.5, 0.6) is 0 Å². The van der Waals surface area contributed by atoms with E-state index in [0.29, 0.717) is 12.4 Å². The van der Waals surface area contributed by atoms with Gasteiger partial charge in [0.1, 0.15) is 5.82 Å². The Morgan fingerprint density at radius 1 is 1.50 bits per heavy atom. The largest absolute Gasteiger partial charge is 0.396 e. The minimum Gasteiger partial charge on any atom is -0.396 e. The van der Waals surface area contributed by atoms with Crippen molar-refractivity contribution in [2.75, 3.05) is 6.61 Å². The monoisotopic (exact) mass is 275 g/mol. The lowest BCUT2D eigenvalue weighted by molar-refractivity contribution is 0.216. The van der Waals surface area contributed by atoms with Gasteiger partial charge in [-0.15, -0.1) is 0 Å². The predicted molar refractivity (Wildman–Crippen MR) is 68.7 cm³/mol. The Balaban J connectivity index is 2.92. The maximum Gasteiger partial charge on any atom is 0.259 e. The third-order valence-electron chi connectivity index (χ3n) is 3.05. The van der Waals surface area contributed by atoms with Gasteiger partial charge in [-0.05, 0) is 26.7 Å². The molecule has 0 radical (unpaired) electrons. The standard InChI is InChI=1S/C11H21N3O3S/c1-5-14-6-11(12-10(14)4)18(16,17)13-9(3)8(2)7-15/h6,8-9,13,15H,5,7H2,1-4H3. The van der Waals surface area contributed by atoms with Crippen LogP contribution in [0.3, 0.4) is 0 Å². The van der Waals surface area contributed by atoms with Gasteiger partial charge >= 0.3 is 0 Å². The Morgan fingerprint density at radius 3 is 2.56 bits per heavy atom. The lowest BCUT2D eigenvalue weighted by atomic mass is 10.1. The number of sulfonamides is 1. The molecule has 1 rings (SSSR count). The van der Waals surface area contributed by atoms with Crippen molar-refractivity contribution in [2.24, 2.45) is 5.92 Å². The summed E-state index contributed by atoms with van der Waals surface area (Å²) < 4.78 is 28.4. The number of aliphatic hydroxyl groups excluding tert-OH is 1. The van der Waals surface area contributed by atoms with Crippen molar-refractivity contribution in [2.45, 2.75) is 45.3 Å². The van der Waals surface area contributed by atoms with Crippen LogP contribution >= 0.6 is 0 Å². The summed E-state index contributed by atoms with van der Waals surface area (Å²) in [5.74, 6) is 0.523. The van der Waals surface area contributed by atoms with Crippen LogP contribution in [0.1, 0.15) is 26.6 Å². The van der Waals surface area contributed by atoms with Gasteiger partial charge < -0.3 is 9.67 Å². The summed E-state index contributed by atoms with van der Waals surface area (Å²) >= 11 is 0. The Bertz CT molecular complexity index is 496. The van der Waals surface area contributed by atoms with Gasteiger partial charge in [0.15, 0.2) is 5.03 Å². The summed E-state index contributed by atoms with van der Waals surface area (Å²) in [6, 6.07) is -0.341. The maximum atomic E-state index is 12.1. The molecule has 2 atom stereocenters. The number of aliphatic hydroxyl groups is 1. The first-order valence-electron chi connectivity index (χ1n) is 5.98. The molecule has 0 aromatic carbocycles. The molecule has 18 heavy (non-hydrogen) atoms. The fourth-order valence-corrected chi connectivity index (χ4v) is 2.87. The van der Waals surface area contributed by atoms with Gasteiger partial charge in [0.2, 0.25) is 0 Å². The zero-order valence-electron chi connectivity index (χ0n) is 11.2. The van der Waals surface area contributed by atoms with Gasteiger partial charge in [-0.25, -0.2) is 18.1 Å². The zero-order chi connectivity index (χ0) is 13.9. The molecule has 0 bridgehead atoms. The number of aryl methyl sites for hydroxylation is 2. The van der Waals surface area contributed by atoms with Crippen molar-refractivity contribution in [1.29, 1.82) is 0 Å². The fraction of sp³-hybridized carbons (Fsp3) is 0.727. The number of hydrogen-bond acceptors (Lipinski definition) is 4. The number of aromatic nitrogens is 2. The molecule has 0 spiro atoms. The molecule has 0 saturated heterocycles. The summed E-state index contributed by atoms with van der Waals surface area (Å²) in [7, 11) is -3.62. The minimum absolute atomic E-state index is 0.0267. The predicted octanol–water partition coefficient (Wildman–Crippen LogP) is 0.507. The normalized spacial score (nSPS) is 15.6. The van der Waals surface area contributed by atoms with Crippen molar-refractivity contribution < 1.29 is 13.5 Å². The van der Waals surface area contributed by atoms with Gasteiger partial charge in [-0.3, -0.25) is 0 Å². The molecule has 1 aromatic heterocycles. The lowest BCUT2D eigenvalue weighted by Crippen LogP contribution is -2.38. The van der Waals surface area contributed by atoms with E-state index in [0.717, 1.165) is 0 Å². The topological polar surface area (TPSA) is 84.2 Å². The van der Waals surface area contributed by atoms with Crippen LogP contribution in [0.15, 0.2) is 11.2 Å². The smallest absolute Gasteiger partial charge is 0.259 e. The average molecular weight is 275 g/mol. The first-order valence-corrected chi connectivity index (χ1v) is 7.47. The summed E-state index contributed by atoms with van der Waals surface area (Å²) in [4.78, 5) is 4.04. The molecule has 0 aliphatic heterocycles. The van der Waals surface area contributed by atoms with Gasteiger partial charge in [0.05, 0.1) is 0 Å². The first-order chi connectivity index (χ1) is 8.31. The number of hydrogen-bond donors (Lipinski definition) is 2. The van der Waals surface area contributed by atoms with Crippen LogP contribution in [-0.2, 0) is 16.6 Å². The van der Waals surface area contributed by atoms with Gasteiger partial charge in [-0.1, -0.05) is 6.92 Å². The SMILES string of the molecule is CCn1cc(S(=O)(=O)NC(C)C(C)CO)nc1C. The Morgan fingerprint density at radius 2 is 2.11 bits per heavy atom. The van der Waals surface area contributed by atoms with Gasteiger partial charge in [0.25, 0.3) is 10.0 Å². The summed E-state index contributed by atoms with van der Waals surface area (Å²) in [6.45, 7) is 7.81. The van der Waals surface area contributed by atoms with Crippen molar-refractivity contribution in [3.8, 4) is 0 Å². The molecule has 0 aliphatic carbocycles. The molecular weight excluding hydrogens is 254 g/mol. The van der Waals surface area contributed by atoms with Crippen LogP contribution in [0.25, 0.3) is 0 Å². The van der Waals surface area contributed by atoms with Crippen LogP contribution in [0.4, 0.5) is 0 Å². The number of nitrogens with one attached hydrogen (secondary N) is 1. The van der Waals surface area contributed by atoms with Crippen LogP contribution < -0.4 is 4.72 Å². The molecule has 2 unspecified atom stereocenters. The first kappa shape index (κ1) is 15.1. The molecule has 1 aromatic rings. The highest BCUT2D eigenvalue weighted by Gasteiger charge is 2.23. The second kappa shape index (κ2) is 5.81. The quantitative estimate of drug-likeness (QED) is 0.792. The number of rotatable bonds is 6. The number of imidazole rings is 1. The molecule has 0 fully saturated rings. The Labute approximate surface area is 108 Å². The number of nitrogens with zero attached hydrogens (tertiary/aromatic N) is 2. The van der Waals surface area contributed by atoms with Crippen LogP contribution in [0.2, 0.25) is 0 Å². The van der Waals surface area contributed by atoms with E-state index in [9.17, 15) is 8.42 Å². The summed E-state index contributed by atoms with van der Waals surface area (Å²) in [5, 5.41) is 9.03. The average Bonchev–Trinajstić information content (AvgIpc) is 2.69. The Kier molecular flexibility index (Phi) is 4.89. The van der Waals surface area contributed by atoms with Crippen molar-refractivity contribution in [3.63, 3.8) is 0 Å². The van der Waals surface area contributed by atoms with E-state index in [4.69, 9.17) is 5.11 Å². The zero-order valence-corrected chi connectivity index (χ0v) is 12.0. The highest BCUT2D eigenvalue weighted by Crippen LogP contribution is 2.11. The van der Waals surface area contributed by atoms with E-state index in [1.165, 1.54) is 6.20 Å². The van der Waals surface area contributed by atoms with E-state index in [2.05, 4.69) is 9.71 Å². The van der Waals surface area contributed by atoms with Crippen molar-refractivity contribution >= 4 is 10.0 Å². The molecule has 0 saturated carbocycles. The molecular formula is C11H21N3O3S. The molecule has 0 aliphatic rings. The summed E-state index contributed by atoms with van der Waals surface area (Å²) in [6.07, 6.45) is 1.52. The third-order valence-corrected chi connectivity index (χ3v) is 4.48. The molecule has 6 nitrogen and oxygen atoms in total. The fourth-order valence-electron chi connectivity index (χ4n) is 1.51. The van der Waals surface area contributed by atoms with E-state index in [1.54, 1.807) is 25.3 Å². The second-order valence-corrected chi connectivity index (χ2v) is 6.14. The Hall–Kier alpha value is -0.920. The molecule has 1 heterocycles. The van der Waals surface area contributed by atoms with E-state index < -0.39 is 10.0 Å². The molecule has 2 N–H and O–H groups in total. The second-order valence-electron chi connectivity index (χ2n) is 4.48. The van der Waals surface area contributed by atoms with Gasteiger partial charge in [-0.2, -0.15) is 0 Å².